The van der Waals surface area contributed by atoms with Gasteiger partial charge in [0.1, 0.15) is 11.7 Å². The van der Waals surface area contributed by atoms with Crippen LogP contribution in [0.15, 0.2) is 40.9 Å². The van der Waals surface area contributed by atoms with Crippen molar-refractivity contribution in [1.82, 2.24) is 21.1 Å². The van der Waals surface area contributed by atoms with E-state index in [4.69, 9.17) is 4.52 Å². The molecule has 1 aromatic heterocycles. The second kappa shape index (κ2) is 7.63. The van der Waals surface area contributed by atoms with E-state index in [-0.39, 0.29) is 12.5 Å². The minimum atomic E-state index is -0.484. The van der Waals surface area contributed by atoms with E-state index in [2.05, 4.69) is 21.1 Å². The van der Waals surface area contributed by atoms with Gasteiger partial charge in [0.05, 0.1) is 6.54 Å². The van der Waals surface area contributed by atoms with Crippen LogP contribution in [-0.2, 0) is 11.3 Å². The summed E-state index contributed by atoms with van der Waals surface area (Å²) >= 11 is 0. The molecule has 3 N–H and O–H groups in total. The third kappa shape index (κ3) is 4.13. The summed E-state index contributed by atoms with van der Waals surface area (Å²) in [5.41, 5.74) is 1.67. The molecule has 0 spiro atoms. The van der Waals surface area contributed by atoms with Crippen LogP contribution in [0.2, 0.25) is 0 Å². The largest absolute Gasteiger partial charge is 0.359 e. The zero-order valence-corrected chi connectivity index (χ0v) is 13.2. The van der Waals surface area contributed by atoms with E-state index in [1.165, 1.54) is 0 Å². The van der Waals surface area contributed by atoms with Crippen LogP contribution in [0.25, 0.3) is 11.3 Å². The molecule has 2 aromatic rings. The van der Waals surface area contributed by atoms with Gasteiger partial charge >= 0.3 is 6.03 Å². The molecule has 2 heterocycles. The number of carbonyl (C=O) groups excluding carboxylic acids is 2. The molecule has 7 heteroatoms. The van der Waals surface area contributed by atoms with Gasteiger partial charge in [-0.1, -0.05) is 35.5 Å². The maximum absolute atomic E-state index is 12.0. The van der Waals surface area contributed by atoms with Gasteiger partial charge in [-0.3, -0.25) is 4.79 Å². The van der Waals surface area contributed by atoms with Gasteiger partial charge in [0, 0.05) is 18.2 Å². The molecular weight excluding hydrogens is 308 g/mol. The van der Waals surface area contributed by atoms with Crippen LogP contribution in [0.4, 0.5) is 4.79 Å². The molecule has 0 saturated carbocycles. The van der Waals surface area contributed by atoms with Crippen molar-refractivity contribution in [3.63, 3.8) is 0 Å². The Morgan fingerprint density at radius 2 is 2.12 bits per heavy atom. The van der Waals surface area contributed by atoms with Crippen molar-refractivity contribution in [2.75, 3.05) is 6.54 Å². The minimum absolute atomic E-state index is 0.131. The Morgan fingerprint density at radius 3 is 2.96 bits per heavy atom. The highest BCUT2D eigenvalue weighted by Gasteiger charge is 2.22. The lowest BCUT2D eigenvalue weighted by Gasteiger charge is -2.15. The molecule has 0 unspecified atom stereocenters. The first-order valence-corrected chi connectivity index (χ1v) is 8.05. The van der Waals surface area contributed by atoms with Crippen molar-refractivity contribution in [3.8, 4) is 11.3 Å². The number of benzene rings is 1. The standard InChI is InChI=1S/C17H20N4O3/c22-16-14(8-4-5-9-18-16)20-17(23)19-11-13-10-15(21-24-13)12-6-2-1-3-7-12/h1-3,6-7,10,14H,4-5,8-9,11H2,(H,18,22)(H2,19,20,23)/t14-/m1/s1. The Kier molecular flexibility index (Phi) is 5.10. The van der Waals surface area contributed by atoms with Gasteiger partial charge in [-0.05, 0) is 19.3 Å². The Balaban J connectivity index is 1.51. The Morgan fingerprint density at radius 1 is 1.29 bits per heavy atom. The van der Waals surface area contributed by atoms with E-state index < -0.39 is 12.1 Å². The molecule has 1 saturated heterocycles. The molecule has 3 rings (SSSR count). The molecule has 0 radical (unpaired) electrons. The number of rotatable bonds is 4. The molecule has 1 aromatic carbocycles. The average Bonchev–Trinajstić information content (AvgIpc) is 2.99. The average molecular weight is 328 g/mol. The molecule has 7 nitrogen and oxygen atoms in total. The predicted octanol–water partition coefficient (Wildman–Crippen LogP) is 1.81. The van der Waals surface area contributed by atoms with Crippen LogP contribution in [-0.4, -0.2) is 29.7 Å². The molecule has 1 aliphatic heterocycles. The summed E-state index contributed by atoms with van der Waals surface area (Å²) in [5, 5.41) is 12.2. The number of urea groups is 1. The monoisotopic (exact) mass is 328 g/mol. The van der Waals surface area contributed by atoms with Crippen LogP contribution >= 0.6 is 0 Å². The van der Waals surface area contributed by atoms with E-state index in [0.29, 0.717) is 18.7 Å². The number of carbonyl (C=O) groups is 2. The summed E-state index contributed by atoms with van der Waals surface area (Å²) in [6.07, 6.45) is 2.50. The summed E-state index contributed by atoms with van der Waals surface area (Å²) < 4.78 is 5.23. The van der Waals surface area contributed by atoms with E-state index >= 15 is 0 Å². The summed E-state index contributed by atoms with van der Waals surface area (Å²) in [6.45, 7) is 0.874. The Hall–Kier alpha value is -2.83. The Labute approximate surface area is 139 Å². The molecular formula is C17H20N4O3. The number of aromatic nitrogens is 1. The molecule has 1 fully saturated rings. The number of nitrogens with one attached hydrogen (secondary N) is 3. The Bertz CT molecular complexity index is 699. The highest BCUT2D eigenvalue weighted by Crippen LogP contribution is 2.18. The lowest BCUT2D eigenvalue weighted by atomic mass is 10.1. The second-order valence-corrected chi connectivity index (χ2v) is 5.71. The number of amides is 3. The molecule has 126 valence electrons. The SMILES string of the molecule is O=C(NCc1cc(-c2ccccc2)no1)N[C@@H]1CCCCNC1=O. The predicted molar refractivity (Wildman–Crippen MR) is 88.0 cm³/mol. The third-order valence-electron chi connectivity index (χ3n) is 3.89. The van der Waals surface area contributed by atoms with E-state index in [9.17, 15) is 9.59 Å². The minimum Gasteiger partial charge on any atom is -0.359 e. The smallest absolute Gasteiger partial charge is 0.315 e. The zero-order chi connectivity index (χ0) is 16.8. The van der Waals surface area contributed by atoms with Gasteiger partial charge in [0.25, 0.3) is 0 Å². The highest BCUT2D eigenvalue weighted by molar-refractivity contribution is 5.87. The summed E-state index contributed by atoms with van der Waals surface area (Å²) in [4.78, 5) is 23.8. The summed E-state index contributed by atoms with van der Waals surface area (Å²) in [5.74, 6) is 0.419. The molecule has 0 bridgehead atoms. The zero-order valence-electron chi connectivity index (χ0n) is 13.2. The van der Waals surface area contributed by atoms with Crippen LogP contribution in [0.5, 0.6) is 0 Å². The lowest BCUT2D eigenvalue weighted by molar-refractivity contribution is -0.122. The summed E-state index contributed by atoms with van der Waals surface area (Å²) in [7, 11) is 0. The van der Waals surface area contributed by atoms with Crippen molar-refractivity contribution < 1.29 is 14.1 Å². The van der Waals surface area contributed by atoms with Crippen molar-refractivity contribution in [2.45, 2.75) is 31.8 Å². The van der Waals surface area contributed by atoms with Crippen molar-refractivity contribution in [2.24, 2.45) is 0 Å². The first kappa shape index (κ1) is 16.0. The lowest BCUT2D eigenvalue weighted by Crippen LogP contribution is -2.48. The van der Waals surface area contributed by atoms with E-state index in [1.54, 1.807) is 6.07 Å². The highest BCUT2D eigenvalue weighted by atomic mass is 16.5. The molecule has 1 atom stereocenters. The number of nitrogens with zero attached hydrogens (tertiary/aromatic N) is 1. The molecule has 3 amide bonds. The first-order valence-electron chi connectivity index (χ1n) is 8.05. The van der Waals surface area contributed by atoms with Crippen molar-refractivity contribution in [1.29, 1.82) is 0 Å². The quantitative estimate of drug-likeness (QED) is 0.797. The van der Waals surface area contributed by atoms with Gasteiger partial charge in [0.15, 0.2) is 5.76 Å². The van der Waals surface area contributed by atoms with Gasteiger partial charge in [-0.2, -0.15) is 0 Å². The fourth-order valence-corrected chi connectivity index (χ4v) is 2.59. The summed E-state index contributed by atoms with van der Waals surface area (Å²) in [6, 6.07) is 10.6. The van der Waals surface area contributed by atoms with Crippen LogP contribution in [0.1, 0.15) is 25.0 Å². The number of hydrogen-bond donors (Lipinski definition) is 3. The second-order valence-electron chi connectivity index (χ2n) is 5.71. The van der Waals surface area contributed by atoms with Gasteiger partial charge in [0.2, 0.25) is 5.91 Å². The molecule has 1 aliphatic rings. The normalized spacial score (nSPS) is 17.7. The van der Waals surface area contributed by atoms with Crippen molar-refractivity contribution >= 4 is 11.9 Å². The van der Waals surface area contributed by atoms with Crippen LogP contribution < -0.4 is 16.0 Å². The van der Waals surface area contributed by atoms with Gasteiger partial charge in [-0.25, -0.2) is 4.79 Å². The van der Waals surface area contributed by atoms with Crippen LogP contribution in [0, 0.1) is 0 Å². The van der Waals surface area contributed by atoms with Crippen LogP contribution in [0.3, 0.4) is 0 Å². The first-order chi connectivity index (χ1) is 11.7. The van der Waals surface area contributed by atoms with Gasteiger partial charge < -0.3 is 20.5 Å². The topological polar surface area (TPSA) is 96.3 Å². The van der Waals surface area contributed by atoms with E-state index in [1.807, 2.05) is 30.3 Å². The van der Waals surface area contributed by atoms with Crippen molar-refractivity contribution in [3.05, 3.63) is 42.2 Å². The van der Waals surface area contributed by atoms with E-state index in [0.717, 1.165) is 24.1 Å². The fraction of sp³-hybridized carbons (Fsp3) is 0.353. The molecule has 0 aliphatic carbocycles. The maximum Gasteiger partial charge on any atom is 0.315 e. The maximum atomic E-state index is 12.0. The van der Waals surface area contributed by atoms with Gasteiger partial charge in [-0.15, -0.1) is 0 Å². The fourth-order valence-electron chi connectivity index (χ4n) is 2.59. The number of hydrogen-bond acceptors (Lipinski definition) is 4. The third-order valence-corrected chi connectivity index (χ3v) is 3.89. The molecule has 24 heavy (non-hydrogen) atoms.